The molecule has 4 rings (SSSR count). The van der Waals surface area contributed by atoms with Crippen LogP contribution in [0.5, 0.6) is 0 Å². The van der Waals surface area contributed by atoms with Crippen LogP contribution in [0.3, 0.4) is 0 Å². The third-order valence-electron chi connectivity index (χ3n) is 7.03. The minimum absolute atomic E-state index is 0.0888. The highest BCUT2D eigenvalue weighted by Gasteiger charge is 2.51. The molecule has 0 bridgehead atoms. The Morgan fingerprint density at radius 1 is 1.03 bits per heavy atom. The summed E-state index contributed by atoms with van der Waals surface area (Å²) in [7, 11) is 5.07. The molecule has 0 aromatic heterocycles. The number of nitrogens with zero attached hydrogens (tertiary/aromatic N) is 2. The quantitative estimate of drug-likeness (QED) is 0.622. The van der Waals surface area contributed by atoms with Gasteiger partial charge in [0, 0.05) is 19.5 Å². The lowest BCUT2D eigenvalue weighted by Gasteiger charge is -2.46. The second-order valence-electron chi connectivity index (χ2n) is 9.37. The fourth-order valence-electron chi connectivity index (χ4n) is 4.98. The first-order valence-corrected chi connectivity index (χ1v) is 11.5. The van der Waals surface area contributed by atoms with Crippen LogP contribution >= 0.6 is 0 Å². The highest BCUT2D eigenvalue weighted by molar-refractivity contribution is 5.92. The van der Waals surface area contributed by atoms with Gasteiger partial charge < -0.3 is 25.0 Å². The van der Waals surface area contributed by atoms with E-state index in [0.717, 1.165) is 28.7 Å². The Morgan fingerprint density at radius 3 is 2.06 bits per heavy atom. The van der Waals surface area contributed by atoms with Gasteiger partial charge in [-0.1, -0.05) is 48.5 Å². The topological polar surface area (TPSA) is 99.2 Å². The number of nitrogens with one attached hydrogen (secondary N) is 1. The Kier molecular flexibility index (Phi) is 6.61. The molecule has 0 unspecified atom stereocenters. The lowest BCUT2D eigenvalue weighted by atomic mass is 9.75. The second kappa shape index (κ2) is 9.46. The zero-order valence-electron chi connectivity index (χ0n) is 19.8. The average Bonchev–Trinajstić information content (AvgIpc) is 3.09. The summed E-state index contributed by atoms with van der Waals surface area (Å²) in [6.45, 7) is 0.362. The van der Waals surface area contributed by atoms with Crippen LogP contribution in [0.15, 0.2) is 48.5 Å². The van der Waals surface area contributed by atoms with Crippen LogP contribution in [0, 0.1) is 0 Å². The van der Waals surface area contributed by atoms with Crippen molar-refractivity contribution in [1.29, 1.82) is 0 Å². The van der Waals surface area contributed by atoms with Crippen LogP contribution in [0.2, 0.25) is 0 Å². The molecule has 180 valence electrons. The monoisotopic (exact) mass is 465 g/mol. The Hall–Kier alpha value is -3.39. The van der Waals surface area contributed by atoms with E-state index in [4.69, 9.17) is 4.74 Å². The summed E-state index contributed by atoms with van der Waals surface area (Å²) >= 11 is 0. The normalized spacial score (nSPS) is 16.7. The number of hydrogen-bond acceptors (Lipinski definition) is 5. The number of hydrogen-bond donors (Lipinski definition) is 2. The average molecular weight is 466 g/mol. The minimum atomic E-state index is -1.20. The molecule has 0 heterocycles. The molecule has 2 N–H and O–H groups in total. The van der Waals surface area contributed by atoms with Gasteiger partial charge in [-0.05, 0) is 55.6 Å². The van der Waals surface area contributed by atoms with E-state index in [1.165, 1.54) is 11.9 Å². The van der Waals surface area contributed by atoms with Crippen LogP contribution in [-0.4, -0.2) is 78.8 Å². The van der Waals surface area contributed by atoms with Crippen molar-refractivity contribution in [2.45, 2.75) is 36.8 Å². The minimum Gasteiger partial charge on any atom is -0.479 e. The molecular weight excluding hydrogens is 434 g/mol. The van der Waals surface area contributed by atoms with Gasteiger partial charge in [-0.25, -0.2) is 9.59 Å². The van der Waals surface area contributed by atoms with Crippen molar-refractivity contribution in [2.75, 3.05) is 34.3 Å². The summed E-state index contributed by atoms with van der Waals surface area (Å²) < 4.78 is 5.60. The Balaban J connectivity index is 1.45. The van der Waals surface area contributed by atoms with Gasteiger partial charge in [-0.2, -0.15) is 0 Å². The SMILES string of the molecule is CN(C)C[C@H](NC(=O)OCC1c2ccccc2-c2ccccc21)C(=O)N(C)C1(C(=O)O)CCC1. The lowest BCUT2D eigenvalue weighted by molar-refractivity contribution is -0.165. The molecule has 2 aromatic carbocycles. The summed E-state index contributed by atoms with van der Waals surface area (Å²) in [6, 6.07) is 15.2. The summed E-state index contributed by atoms with van der Waals surface area (Å²) in [5.74, 6) is -1.54. The number of carbonyl (C=O) groups excluding carboxylic acids is 2. The summed E-state index contributed by atoms with van der Waals surface area (Å²) in [5.41, 5.74) is 3.27. The van der Waals surface area contributed by atoms with E-state index in [2.05, 4.69) is 17.4 Å². The Morgan fingerprint density at radius 2 is 1.59 bits per heavy atom. The molecule has 2 amide bonds. The fraction of sp³-hybridized carbons (Fsp3) is 0.423. The predicted octanol–water partition coefficient (Wildman–Crippen LogP) is 2.92. The molecule has 2 aliphatic rings. The molecule has 0 aliphatic heterocycles. The van der Waals surface area contributed by atoms with Crippen LogP contribution in [0.4, 0.5) is 4.79 Å². The van der Waals surface area contributed by atoms with Gasteiger partial charge in [0.15, 0.2) is 0 Å². The molecule has 0 saturated heterocycles. The number of carboxylic acid groups (broad SMARTS) is 1. The lowest BCUT2D eigenvalue weighted by Crippen LogP contribution is -2.64. The van der Waals surface area contributed by atoms with Gasteiger partial charge >= 0.3 is 12.1 Å². The number of fused-ring (bicyclic) bond motifs is 3. The van der Waals surface area contributed by atoms with Gasteiger partial charge in [0.2, 0.25) is 5.91 Å². The molecule has 0 spiro atoms. The Bertz CT molecular complexity index is 1050. The van der Waals surface area contributed by atoms with Gasteiger partial charge in [-0.15, -0.1) is 0 Å². The highest BCUT2D eigenvalue weighted by Crippen LogP contribution is 2.44. The molecule has 2 aromatic rings. The van der Waals surface area contributed by atoms with E-state index < -0.39 is 29.6 Å². The van der Waals surface area contributed by atoms with Crippen molar-refractivity contribution < 1.29 is 24.2 Å². The van der Waals surface area contributed by atoms with Crippen molar-refractivity contribution in [3.05, 3.63) is 59.7 Å². The van der Waals surface area contributed by atoms with E-state index in [9.17, 15) is 19.5 Å². The van der Waals surface area contributed by atoms with E-state index in [-0.39, 0.29) is 19.1 Å². The van der Waals surface area contributed by atoms with Crippen molar-refractivity contribution in [3.8, 4) is 11.1 Å². The molecule has 1 saturated carbocycles. The maximum absolute atomic E-state index is 13.2. The summed E-state index contributed by atoms with van der Waals surface area (Å²) in [6.07, 6.45) is 0.865. The molecule has 8 nitrogen and oxygen atoms in total. The summed E-state index contributed by atoms with van der Waals surface area (Å²) in [4.78, 5) is 40.9. The number of ether oxygens (including phenoxy) is 1. The molecule has 1 fully saturated rings. The van der Waals surface area contributed by atoms with Gasteiger partial charge in [0.05, 0.1) is 0 Å². The second-order valence-corrected chi connectivity index (χ2v) is 9.37. The van der Waals surface area contributed by atoms with Gasteiger partial charge in [-0.3, -0.25) is 4.79 Å². The number of aliphatic carboxylic acids is 1. The first-order chi connectivity index (χ1) is 16.2. The van der Waals surface area contributed by atoms with E-state index >= 15 is 0 Å². The molecule has 34 heavy (non-hydrogen) atoms. The van der Waals surface area contributed by atoms with E-state index in [0.29, 0.717) is 12.8 Å². The largest absolute Gasteiger partial charge is 0.479 e. The Labute approximate surface area is 199 Å². The number of amides is 2. The smallest absolute Gasteiger partial charge is 0.407 e. The molecule has 2 aliphatic carbocycles. The first-order valence-electron chi connectivity index (χ1n) is 11.5. The van der Waals surface area contributed by atoms with Crippen LogP contribution < -0.4 is 5.32 Å². The van der Waals surface area contributed by atoms with Crippen molar-refractivity contribution in [3.63, 3.8) is 0 Å². The van der Waals surface area contributed by atoms with E-state index in [1.807, 2.05) is 36.4 Å². The molecule has 0 radical (unpaired) electrons. The third-order valence-corrected chi connectivity index (χ3v) is 7.03. The maximum Gasteiger partial charge on any atom is 0.407 e. The zero-order chi connectivity index (χ0) is 24.5. The van der Waals surface area contributed by atoms with Crippen molar-refractivity contribution in [1.82, 2.24) is 15.1 Å². The van der Waals surface area contributed by atoms with Gasteiger partial charge in [0.1, 0.15) is 18.2 Å². The highest BCUT2D eigenvalue weighted by atomic mass is 16.5. The molecular formula is C26H31N3O5. The maximum atomic E-state index is 13.2. The number of rotatable bonds is 8. The third kappa shape index (κ3) is 4.25. The van der Waals surface area contributed by atoms with E-state index in [1.54, 1.807) is 19.0 Å². The molecule has 1 atom stereocenters. The molecule has 8 heteroatoms. The van der Waals surface area contributed by atoms with Crippen LogP contribution in [0.1, 0.15) is 36.3 Å². The number of carbonyl (C=O) groups is 3. The van der Waals surface area contributed by atoms with Crippen molar-refractivity contribution in [2.24, 2.45) is 0 Å². The van der Waals surface area contributed by atoms with Crippen LogP contribution in [-0.2, 0) is 14.3 Å². The van der Waals surface area contributed by atoms with Crippen molar-refractivity contribution >= 4 is 18.0 Å². The number of carboxylic acids is 1. The number of likely N-dealkylation sites (N-methyl/N-ethyl adjacent to an activating group) is 2. The summed E-state index contributed by atoms with van der Waals surface area (Å²) in [5, 5.41) is 12.4. The van der Waals surface area contributed by atoms with Crippen LogP contribution in [0.25, 0.3) is 11.1 Å². The fourth-order valence-corrected chi connectivity index (χ4v) is 4.98. The number of benzene rings is 2. The zero-order valence-corrected chi connectivity index (χ0v) is 19.8. The standard InChI is InChI=1S/C26H31N3O5/c1-28(2)15-22(23(30)29(3)26(24(31)32)13-8-14-26)27-25(33)34-16-21-19-11-6-4-9-17(19)18-10-5-7-12-20(18)21/h4-7,9-12,21-22H,8,13-16H2,1-3H3,(H,27,33)(H,31,32)/t22-/m0/s1. The number of alkyl carbamates (subject to hydrolysis) is 1. The van der Waals surface area contributed by atoms with Gasteiger partial charge in [0.25, 0.3) is 0 Å². The predicted molar refractivity (Wildman–Crippen MR) is 128 cm³/mol. The first kappa shape index (κ1) is 23.8.